The predicted molar refractivity (Wildman–Crippen MR) is 71.4 cm³/mol. The number of aromatic hydroxyl groups is 1. The maximum atomic E-state index is 14.1. The van der Waals surface area contributed by atoms with Crippen LogP contribution in [-0.4, -0.2) is 23.1 Å². The van der Waals surface area contributed by atoms with Crippen molar-refractivity contribution >= 4 is 0 Å². The molecule has 0 unspecified atom stereocenters. The normalized spacial score (nSPS) is 14.8. The minimum absolute atomic E-state index is 0.0522. The van der Waals surface area contributed by atoms with Crippen LogP contribution in [-0.2, 0) is 11.3 Å². The van der Waals surface area contributed by atoms with Gasteiger partial charge in [-0.25, -0.2) is 0 Å². The summed E-state index contributed by atoms with van der Waals surface area (Å²) in [5, 5.41) is 9.62. The van der Waals surface area contributed by atoms with Crippen molar-refractivity contribution in [1.29, 1.82) is 0 Å². The number of hydrogen-bond donors (Lipinski definition) is 1. The van der Waals surface area contributed by atoms with Crippen LogP contribution in [0.15, 0.2) is 12.1 Å². The minimum Gasteiger partial charge on any atom is -0.507 e. The van der Waals surface area contributed by atoms with Crippen molar-refractivity contribution in [3.05, 3.63) is 28.8 Å². The SMILES string of the molecule is Cc1cc(C(C)(C)C)cc(C(F)(F)C(F)(F)C(F)(F)C(F)(F)F)c1O. The second kappa shape index (κ2) is 5.70. The summed E-state index contributed by atoms with van der Waals surface area (Å²) >= 11 is 0. The molecule has 0 atom stereocenters. The van der Waals surface area contributed by atoms with Crippen LogP contribution in [0.1, 0.15) is 37.5 Å². The first-order valence-electron chi connectivity index (χ1n) is 6.83. The van der Waals surface area contributed by atoms with Gasteiger partial charge < -0.3 is 5.11 Å². The number of phenolic OH excluding ortho intramolecular Hbond substituents is 1. The lowest BCUT2D eigenvalue weighted by Crippen LogP contribution is -2.59. The molecular weight excluding hydrogens is 367 g/mol. The highest BCUT2D eigenvalue weighted by Crippen LogP contribution is 2.58. The molecule has 1 rings (SSSR count). The zero-order valence-electron chi connectivity index (χ0n) is 13.5. The van der Waals surface area contributed by atoms with E-state index in [0.717, 1.165) is 13.0 Å². The molecule has 0 bridgehead atoms. The molecule has 1 aromatic rings. The first-order chi connectivity index (χ1) is 10.8. The van der Waals surface area contributed by atoms with Crippen molar-refractivity contribution in [2.45, 2.75) is 57.1 Å². The molecule has 144 valence electrons. The van der Waals surface area contributed by atoms with Crippen LogP contribution in [0.4, 0.5) is 39.5 Å². The summed E-state index contributed by atoms with van der Waals surface area (Å²) in [6, 6.07) is 1.46. The van der Waals surface area contributed by atoms with Gasteiger partial charge in [0.25, 0.3) is 0 Å². The molecule has 0 radical (unpaired) electrons. The van der Waals surface area contributed by atoms with Crippen LogP contribution in [0.25, 0.3) is 0 Å². The Morgan fingerprint density at radius 1 is 0.760 bits per heavy atom. The Labute approximate surface area is 137 Å². The molecule has 0 fully saturated rings. The van der Waals surface area contributed by atoms with Gasteiger partial charge in [-0.1, -0.05) is 26.8 Å². The molecule has 0 saturated carbocycles. The average molecular weight is 382 g/mol. The van der Waals surface area contributed by atoms with Gasteiger partial charge in [-0.05, 0) is 29.5 Å². The lowest BCUT2D eigenvalue weighted by molar-refractivity contribution is -0.399. The van der Waals surface area contributed by atoms with E-state index >= 15 is 0 Å². The number of phenols is 1. The van der Waals surface area contributed by atoms with Crippen LogP contribution in [0.2, 0.25) is 0 Å². The van der Waals surface area contributed by atoms with E-state index < -0.39 is 40.7 Å². The predicted octanol–water partition coefficient (Wildman–Crippen LogP) is 5.92. The molecule has 0 saturated heterocycles. The van der Waals surface area contributed by atoms with E-state index in [-0.39, 0.29) is 11.1 Å². The Balaban J connectivity index is 3.71. The number of hydrogen-bond acceptors (Lipinski definition) is 1. The monoisotopic (exact) mass is 382 g/mol. The summed E-state index contributed by atoms with van der Waals surface area (Å²) in [7, 11) is 0. The van der Waals surface area contributed by atoms with E-state index in [1.165, 1.54) is 20.8 Å². The Morgan fingerprint density at radius 3 is 1.56 bits per heavy atom. The lowest BCUT2D eigenvalue weighted by atomic mass is 9.83. The van der Waals surface area contributed by atoms with E-state index in [2.05, 4.69) is 0 Å². The largest absolute Gasteiger partial charge is 0.507 e. The summed E-state index contributed by atoms with van der Waals surface area (Å²) in [6.45, 7) is 5.46. The van der Waals surface area contributed by atoms with Crippen molar-refractivity contribution in [3.63, 3.8) is 0 Å². The van der Waals surface area contributed by atoms with Crippen molar-refractivity contribution in [2.24, 2.45) is 0 Å². The van der Waals surface area contributed by atoms with E-state index in [4.69, 9.17) is 0 Å². The van der Waals surface area contributed by atoms with Crippen molar-refractivity contribution in [1.82, 2.24) is 0 Å². The van der Waals surface area contributed by atoms with Gasteiger partial charge in [0, 0.05) is 0 Å². The molecule has 0 aliphatic heterocycles. The minimum atomic E-state index is -7.01. The Kier molecular flexibility index (Phi) is 4.89. The zero-order valence-corrected chi connectivity index (χ0v) is 13.5. The number of alkyl halides is 9. The highest BCUT2D eigenvalue weighted by Gasteiger charge is 2.82. The summed E-state index contributed by atoms with van der Waals surface area (Å²) in [4.78, 5) is 0. The van der Waals surface area contributed by atoms with Crippen molar-refractivity contribution in [2.75, 3.05) is 0 Å². The van der Waals surface area contributed by atoms with E-state index in [1.807, 2.05) is 0 Å². The molecule has 1 N–H and O–H groups in total. The third-order valence-corrected chi connectivity index (χ3v) is 3.65. The second-order valence-corrected chi connectivity index (χ2v) is 6.66. The van der Waals surface area contributed by atoms with Gasteiger partial charge in [0.2, 0.25) is 0 Å². The number of halogens is 9. The average Bonchev–Trinajstić information content (AvgIpc) is 2.38. The molecule has 0 aliphatic carbocycles. The molecule has 0 amide bonds. The summed E-state index contributed by atoms with van der Waals surface area (Å²) in [5.74, 6) is -21.3. The molecule has 0 heterocycles. The highest BCUT2D eigenvalue weighted by atomic mass is 19.4. The van der Waals surface area contributed by atoms with Crippen LogP contribution in [0.5, 0.6) is 5.75 Å². The summed E-state index contributed by atoms with van der Waals surface area (Å²) in [6.07, 6.45) is -6.91. The number of rotatable bonds is 3. The third-order valence-electron chi connectivity index (χ3n) is 3.65. The first kappa shape index (κ1) is 21.4. The van der Waals surface area contributed by atoms with Gasteiger partial charge in [0.1, 0.15) is 5.75 Å². The van der Waals surface area contributed by atoms with Gasteiger partial charge in [-0.3, -0.25) is 0 Å². The quantitative estimate of drug-likeness (QED) is 0.643. The van der Waals surface area contributed by atoms with Crippen LogP contribution in [0, 0.1) is 6.92 Å². The van der Waals surface area contributed by atoms with Crippen molar-refractivity contribution in [3.8, 4) is 5.75 Å². The van der Waals surface area contributed by atoms with E-state index in [1.54, 1.807) is 0 Å². The van der Waals surface area contributed by atoms with E-state index in [9.17, 15) is 44.6 Å². The first-order valence-corrected chi connectivity index (χ1v) is 6.83. The summed E-state index contributed by atoms with van der Waals surface area (Å²) in [5.41, 5.74) is -3.34. The second-order valence-electron chi connectivity index (χ2n) is 6.66. The van der Waals surface area contributed by atoms with Gasteiger partial charge in [0.15, 0.2) is 0 Å². The molecular formula is C15H15F9O. The Morgan fingerprint density at radius 2 is 1.20 bits per heavy atom. The smallest absolute Gasteiger partial charge is 0.460 e. The van der Waals surface area contributed by atoms with Gasteiger partial charge in [-0.2, -0.15) is 39.5 Å². The third kappa shape index (κ3) is 3.27. The fraction of sp³-hybridized carbons (Fsp3) is 0.600. The molecule has 0 aliphatic rings. The highest BCUT2D eigenvalue weighted by molar-refractivity contribution is 5.48. The maximum absolute atomic E-state index is 14.1. The van der Waals surface area contributed by atoms with Crippen LogP contribution < -0.4 is 0 Å². The fourth-order valence-corrected chi connectivity index (χ4v) is 2.00. The fourth-order valence-electron chi connectivity index (χ4n) is 2.00. The van der Waals surface area contributed by atoms with Gasteiger partial charge in [0.05, 0.1) is 5.56 Å². The van der Waals surface area contributed by atoms with Crippen molar-refractivity contribution < 1.29 is 44.6 Å². The van der Waals surface area contributed by atoms with E-state index in [0.29, 0.717) is 6.07 Å². The topological polar surface area (TPSA) is 20.2 Å². The standard InChI is InChI=1S/C15H15F9O/c1-7-5-8(11(2,3)4)6-9(10(7)25)12(16,17)13(18,19)14(20,21)15(22,23)24/h5-6,25H,1-4H3. The zero-order chi connectivity index (χ0) is 20.2. The molecule has 10 heteroatoms. The molecule has 1 aromatic carbocycles. The lowest BCUT2D eigenvalue weighted by Gasteiger charge is -2.34. The molecule has 25 heavy (non-hydrogen) atoms. The number of aryl methyl sites for hydroxylation is 1. The van der Waals surface area contributed by atoms with Gasteiger partial charge >= 0.3 is 23.9 Å². The van der Waals surface area contributed by atoms with Crippen LogP contribution >= 0.6 is 0 Å². The summed E-state index contributed by atoms with van der Waals surface area (Å²) < 4.78 is 118. The molecule has 0 aromatic heterocycles. The molecule has 0 spiro atoms. The molecule has 1 nitrogen and oxygen atoms in total. The Hall–Kier alpha value is -1.61. The Bertz CT molecular complexity index is 654. The van der Waals surface area contributed by atoms with Gasteiger partial charge in [-0.15, -0.1) is 0 Å². The van der Waals surface area contributed by atoms with Crippen LogP contribution in [0.3, 0.4) is 0 Å². The maximum Gasteiger partial charge on any atom is 0.460 e. The number of benzene rings is 1.